The molecule has 1 nitrogen and oxygen atoms in total. The summed E-state index contributed by atoms with van der Waals surface area (Å²) >= 11 is 12.4. The number of carbonyl (C=O) groups excluding carboxylic acids is 1. The number of halogens is 2. The second-order valence-corrected chi connectivity index (χ2v) is 6.45. The van der Waals surface area contributed by atoms with E-state index in [4.69, 9.17) is 23.2 Å². The van der Waals surface area contributed by atoms with Gasteiger partial charge in [0.1, 0.15) is 5.78 Å². The van der Waals surface area contributed by atoms with Gasteiger partial charge in [0.25, 0.3) is 0 Å². The molecule has 0 amide bonds. The maximum Gasteiger partial charge on any atom is 0.140 e. The topological polar surface area (TPSA) is 17.1 Å². The molecule has 0 N–H and O–H groups in total. The van der Waals surface area contributed by atoms with Crippen molar-refractivity contribution >= 4 is 29.0 Å². The van der Waals surface area contributed by atoms with Gasteiger partial charge in [-0.2, -0.15) is 0 Å². The average molecular weight is 263 g/mol. The van der Waals surface area contributed by atoms with Crippen molar-refractivity contribution in [1.82, 2.24) is 0 Å². The van der Waals surface area contributed by atoms with Gasteiger partial charge in [-0.1, -0.05) is 19.3 Å². The molecule has 0 heterocycles. The van der Waals surface area contributed by atoms with Crippen molar-refractivity contribution < 1.29 is 4.79 Å². The van der Waals surface area contributed by atoms with E-state index in [1.807, 2.05) is 0 Å². The van der Waals surface area contributed by atoms with Crippen LogP contribution >= 0.6 is 23.2 Å². The first-order valence-electron chi connectivity index (χ1n) is 6.50. The maximum atomic E-state index is 12.4. The number of carbonyl (C=O) groups is 1. The zero-order valence-electron chi connectivity index (χ0n) is 9.63. The number of rotatable bonds is 2. The molecule has 2 aliphatic carbocycles. The molecule has 3 unspecified atom stereocenters. The van der Waals surface area contributed by atoms with Crippen LogP contribution in [0.3, 0.4) is 0 Å². The minimum absolute atomic E-state index is 0.0287. The number of Topliss-reactive ketones (excluding diaryl/α,β-unsaturated/α-hetero) is 1. The molecule has 2 rings (SSSR count). The number of hydrogen-bond acceptors (Lipinski definition) is 1. The molecule has 2 aliphatic rings. The van der Waals surface area contributed by atoms with Crippen LogP contribution < -0.4 is 0 Å². The van der Waals surface area contributed by atoms with E-state index in [1.54, 1.807) is 0 Å². The van der Waals surface area contributed by atoms with Gasteiger partial charge in [0.2, 0.25) is 0 Å². The van der Waals surface area contributed by atoms with Crippen molar-refractivity contribution in [2.75, 3.05) is 0 Å². The lowest BCUT2D eigenvalue weighted by atomic mass is 9.76. The van der Waals surface area contributed by atoms with Crippen molar-refractivity contribution in [2.45, 2.75) is 62.1 Å². The Balaban J connectivity index is 1.96. The van der Waals surface area contributed by atoms with Crippen LogP contribution in [0, 0.1) is 11.8 Å². The Morgan fingerprint density at radius 2 is 1.62 bits per heavy atom. The summed E-state index contributed by atoms with van der Waals surface area (Å²) < 4.78 is 0. The second-order valence-electron chi connectivity index (χ2n) is 5.27. The van der Waals surface area contributed by atoms with E-state index in [2.05, 4.69) is 0 Å². The lowest BCUT2D eigenvalue weighted by molar-refractivity contribution is -0.128. The Bertz CT molecular complexity index is 248. The Morgan fingerprint density at radius 1 is 0.938 bits per heavy atom. The summed E-state index contributed by atoms with van der Waals surface area (Å²) in [5.74, 6) is 0.716. The molecule has 3 atom stereocenters. The van der Waals surface area contributed by atoms with Crippen molar-refractivity contribution in [3.05, 3.63) is 0 Å². The number of alkyl halides is 2. The molecule has 3 heteroatoms. The van der Waals surface area contributed by atoms with Crippen LogP contribution in [0.5, 0.6) is 0 Å². The zero-order chi connectivity index (χ0) is 11.5. The number of hydrogen-bond donors (Lipinski definition) is 0. The van der Waals surface area contributed by atoms with E-state index in [0.29, 0.717) is 5.78 Å². The van der Waals surface area contributed by atoms with E-state index >= 15 is 0 Å². The highest BCUT2D eigenvalue weighted by molar-refractivity contribution is 6.24. The van der Waals surface area contributed by atoms with E-state index in [1.165, 1.54) is 19.3 Å². The summed E-state index contributed by atoms with van der Waals surface area (Å²) in [6.45, 7) is 0. The average Bonchev–Trinajstić information content (AvgIpc) is 2.32. The molecule has 0 saturated heterocycles. The summed E-state index contributed by atoms with van der Waals surface area (Å²) in [5.41, 5.74) is 0. The van der Waals surface area contributed by atoms with Crippen LogP contribution in [-0.4, -0.2) is 16.5 Å². The van der Waals surface area contributed by atoms with Gasteiger partial charge in [-0.3, -0.25) is 4.79 Å². The van der Waals surface area contributed by atoms with E-state index in [9.17, 15) is 4.79 Å². The van der Waals surface area contributed by atoms with Crippen LogP contribution in [0.25, 0.3) is 0 Å². The standard InChI is InChI=1S/C13H20Cl2O/c14-10-6-7-12(15)11(8-10)13(16)9-4-2-1-3-5-9/h9-12H,1-8H2. The van der Waals surface area contributed by atoms with Gasteiger partial charge >= 0.3 is 0 Å². The van der Waals surface area contributed by atoms with Crippen LogP contribution in [0.15, 0.2) is 0 Å². The molecule has 0 aromatic carbocycles. The molecule has 0 aromatic rings. The SMILES string of the molecule is O=C(C1CCCCC1)C1CC(Cl)CCC1Cl. The lowest BCUT2D eigenvalue weighted by Gasteiger charge is -2.32. The van der Waals surface area contributed by atoms with Gasteiger partial charge in [0.05, 0.1) is 0 Å². The molecule has 0 aliphatic heterocycles. The minimum Gasteiger partial charge on any atom is -0.299 e. The highest BCUT2D eigenvalue weighted by Crippen LogP contribution is 2.36. The molecule has 0 spiro atoms. The maximum absolute atomic E-state index is 12.4. The predicted molar refractivity (Wildman–Crippen MR) is 68.2 cm³/mol. The fourth-order valence-corrected chi connectivity index (χ4v) is 3.74. The minimum atomic E-state index is 0.0287. The normalized spacial score (nSPS) is 37.2. The van der Waals surface area contributed by atoms with Crippen molar-refractivity contribution in [2.24, 2.45) is 11.8 Å². The van der Waals surface area contributed by atoms with E-state index < -0.39 is 0 Å². The van der Waals surface area contributed by atoms with Gasteiger partial charge in [0.15, 0.2) is 0 Å². The van der Waals surface area contributed by atoms with Crippen molar-refractivity contribution in [3.63, 3.8) is 0 Å². The van der Waals surface area contributed by atoms with Crippen molar-refractivity contribution in [1.29, 1.82) is 0 Å². The monoisotopic (exact) mass is 262 g/mol. The van der Waals surface area contributed by atoms with Crippen LogP contribution in [0.2, 0.25) is 0 Å². The van der Waals surface area contributed by atoms with Gasteiger partial charge in [0, 0.05) is 22.6 Å². The van der Waals surface area contributed by atoms with Gasteiger partial charge in [-0.15, -0.1) is 23.2 Å². The second kappa shape index (κ2) is 5.73. The predicted octanol–water partition coefficient (Wildman–Crippen LogP) is 4.15. The third kappa shape index (κ3) is 2.92. The first-order chi connectivity index (χ1) is 7.68. The molecular weight excluding hydrogens is 243 g/mol. The highest BCUT2D eigenvalue weighted by Gasteiger charge is 2.36. The summed E-state index contributed by atoms with van der Waals surface area (Å²) in [5, 5.41) is 0.192. The lowest BCUT2D eigenvalue weighted by Crippen LogP contribution is -2.36. The Morgan fingerprint density at radius 3 is 2.31 bits per heavy atom. The summed E-state index contributed by atoms with van der Waals surface area (Å²) in [4.78, 5) is 12.4. The molecular formula is C13H20Cl2O. The van der Waals surface area contributed by atoms with Gasteiger partial charge in [-0.25, -0.2) is 0 Å². The van der Waals surface area contributed by atoms with E-state index in [0.717, 1.165) is 32.1 Å². The number of ketones is 1. The van der Waals surface area contributed by atoms with Crippen LogP contribution in [0.1, 0.15) is 51.4 Å². The fourth-order valence-electron chi connectivity index (χ4n) is 3.07. The van der Waals surface area contributed by atoms with Gasteiger partial charge < -0.3 is 0 Å². The first-order valence-corrected chi connectivity index (χ1v) is 7.37. The zero-order valence-corrected chi connectivity index (χ0v) is 11.1. The van der Waals surface area contributed by atoms with E-state index in [-0.39, 0.29) is 22.6 Å². The molecule has 16 heavy (non-hydrogen) atoms. The summed E-state index contributed by atoms with van der Waals surface area (Å²) in [6, 6.07) is 0. The third-order valence-electron chi connectivity index (χ3n) is 4.07. The van der Waals surface area contributed by atoms with Crippen LogP contribution in [0.4, 0.5) is 0 Å². The smallest absolute Gasteiger partial charge is 0.140 e. The van der Waals surface area contributed by atoms with Crippen molar-refractivity contribution in [3.8, 4) is 0 Å². The largest absolute Gasteiger partial charge is 0.299 e. The summed E-state index contributed by atoms with van der Waals surface area (Å²) in [6.07, 6.45) is 8.52. The summed E-state index contributed by atoms with van der Waals surface area (Å²) in [7, 11) is 0. The Labute approximate surface area is 108 Å². The Hall–Kier alpha value is 0.250. The molecule has 0 radical (unpaired) electrons. The molecule has 2 fully saturated rings. The van der Waals surface area contributed by atoms with Crippen LogP contribution in [-0.2, 0) is 4.79 Å². The highest BCUT2D eigenvalue weighted by atomic mass is 35.5. The third-order valence-corrected chi connectivity index (χ3v) is 4.99. The molecule has 92 valence electrons. The quantitative estimate of drug-likeness (QED) is 0.684. The molecule has 2 saturated carbocycles. The molecule has 0 bridgehead atoms. The molecule has 0 aromatic heterocycles. The Kier molecular flexibility index (Phi) is 4.55. The fraction of sp³-hybridized carbons (Fsp3) is 0.923. The van der Waals surface area contributed by atoms with Gasteiger partial charge in [-0.05, 0) is 32.1 Å². The first kappa shape index (κ1) is 12.7.